The van der Waals surface area contributed by atoms with E-state index in [4.69, 9.17) is 0 Å². The van der Waals surface area contributed by atoms with E-state index in [1.165, 1.54) is 75.8 Å². The molecular formula is C60H38N2S. The van der Waals surface area contributed by atoms with Gasteiger partial charge in [0.1, 0.15) is 10.0 Å². The summed E-state index contributed by atoms with van der Waals surface area (Å²) in [5.74, 6) is 0. The number of rotatable bonds is 8. The van der Waals surface area contributed by atoms with Crippen LogP contribution in [0.5, 0.6) is 0 Å². The average molecular weight is 819 g/mol. The maximum Gasteiger partial charge on any atom is 0.111 e. The summed E-state index contributed by atoms with van der Waals surface area (Å²) in [6.45, 7) is 0. The van der Waals surface area contributed by atoms with Crippen molar-refractivity contribution in [1.29, 1.82) is 0 Å². The van der Waals surface area contributed by atoms with Crippen molar-refractivity contribution in [3.8, 4) is 22.3 Å². The third-order valence-electron chi connectivity index (χ3n) is 12.9. The molecule has 2 nitrogen and oxygen atoms in total. The Bertz CT molecular complexity index is 3500. The van der Waals surface area contributed by atoms with Gasteiger partial charge in [0.25, 0.3) is 0 Å². The van der Waals surface area contributed by atoms with E-state index < -0.39 is 0 Å². The van der Waals surface area contributed by atoms with Gasteiger partial charge in [0.2, 0.25) is 0 Å². The van der Waals surface area contributed by atoms with Crippen molar-refractivity contribution < 1.29 is 0 Å². The Balaban J connectivity index is 1.18. The molecule has 63 heavy (non-hydrogen) atoms. The van der Waals surface area contributed by atoms with Crippen LogP contribution in [0.4, 0.5) is 32.8 Å². The number of hydrogen-bond acceptors (Lipinski definition) is 3. The lowest BCUT2D eigenvalue weighted by molar-refractivity contribution is 1.33. The zero-order valence-corrected chi connectivity index (χ0v) is 35.1. The molecule has 0 fully saturated rings. The third-order valence-corrected chi connectivity index (χ3v) is 14.1. The van der Waals surface area contributed by atoms with Crippen LogP contribution in [0.2, 0.25) is 0 Å². The molecule has 0 aliphatic carbocycles. The summed E-state index contributed by atoms with van der Waals surface area (Å²) in [5, 5.41) is 17.5. The lowest BCUT2D eigenvalue weighted by Gasteiger charge is -2.28. The maximum atomic E-state index is 2.53. The monoisotopic (exact) mass is 818 g/mol. The van der Waals surface area contributed by atoms with Gasteiger partial charge in [-0.2, -0.15) is 0 Å². The number of para-hydroxylation sites is 2. The number of anilines is 6. The van der Waals surface area contributed by atoms with Gasteiger partial charge in [0.05, 0.1) is 11.4 Å². The first-order valence-electron chi connectivity index (χ1n) is 21.6. The largest absolute Gasteiger partial charge is 0.301 e. The van der Waals surface area contributed by atoms with Crippen molar-refractivity contribution in [3.63, 3.8) is 0 Å². The fourth-order valence-corrected chi connectivity index (χ4v) is 11.6. The van der Waals surface area contributed by atoms with Crippen molar-refractivity contribution in [3.05, 3.63) is 231 Å². The second-order valence-electron chi connectivity index (χ2n) is 16.4. The lowest BCUT2D eigenvalue weighted by Crippen LogP contribution is -2.10. The van der Waals surface area contributed by atoms with Gasteiger partial charge in [0, 0.05) is 33.3 Å². The van der Waals surface area contributed by atoms with Gasteiger partial charge in [0.15, 0.2) is 0 Å². The predicted octanol–water partition coefficient (Wildman–Crippen LogP) is 17.8. The van der Waals surface area contributed by atoms with Crippen LogP contribution in [0.1, 0.15) is 0 Å². The molecular weight excluding hydrogens is 781 g/mol. The Labute approximate surface area is 369 Å². The predicted molar refractivity (Wildman–Crippen MR) is 272 cm³/mol. The normalized spacial score (nSPS) is 11.8. The molecule has 0 bridgehead atoms. The first-order valence-corrected chi connectivity index (χ1v) is 22.4. The van der Waals surface area contributed by atoms with Gasteiger partial charge in [-0.1, -0.05) is 205 Å². The van der Waals surface area contributed by atoms with Crippen molar-refractivity contribution in [2.75, 3.05) is 9.80 Å². The number of hydrogen-bond donors (Lipinski definition) is 0. The first kappa shape index (κ1) is 35.7. The molecule has 3 heteroatoms. The zero-order chi connectivity index (χ0) is 41.4. The van der Waals surface area contributed by atoms with Crippen LogP contribution >= 0.6 is 11.3 Å². The molecule has 0 aliphatic rings. The topological polar surface area (TPSA) is 6.48 Å². The Morgan fingerprint density at radius 1 is 0.254 bits per heavy atom. The molecule has 0 saturated carbocycles. The second-order valence-corrected chi connectivity index (χ2v) is 17.4. The standard InChI is InChI=1S/C60H38N2S/c1-5-15-39(16-6-1)57-58(40-17-7-2-8-18-40)60(62(48-25-11-4-12-26-48)52-38-34-46-30-28-42-20-14-22-44-32-36-50(52)56(46)54(42)44)63-59(57)61(47-23-9-3-10-24-47)51-37-33-45-29-27-41-19-13-21-43-31-35-49(51)55(45)53(41)43/h1-38H. The summed E-state index contributed by atoms with van der Waals surface area (Å²) < 4.78 is 0. The summed E-state index contributed by atoms with van der Waals surface area (Å²) >= 11 is 1.86. The van der Waals surface area contributed by atoms with Crippen molar-refractivity contribution in [1.82, 2.24) is 0 Å². The Morgan fingerprint density at radius 3 is 0.952 bits per heavy atom. The van der Waals surface area contributed by atoms with E-state index in [1.54, 1.807) is 0 Å². The quantitative estimate of drug-likeness (QED) is 0.141. The minimum Gasteiger partial charge on any atom is -0.301 e. The molecule has 0 unspecified atom stereocenters. The SMILES string of the molecule is c1ccc(-c2c(N(c3ccccc3)c3ccc4ccc5cccc6ccc3c4c56)sc(N(c3ccccc3)c3ccc4ccc5cccc6ccc3c4c56)c2-c2ccccc2)cc1. The van der Waals surface area contributed by atoms with Crippen molar-refractivity contribution in [2.45, 2.75) is 0 Å². The van der Waals surface area contributed by atoms with Gasteiger partial charge in [-0.25, -0.2) is 0 Å². The van der Waals surface area contributed by atoms with E-state index in [0.29, 0.717) is 0 Å². The third kappa shape index (κ3) is 5.57. The molecule has 0 amide bonds. The summed E-state index contributed by atoms with van der Waals surface area (Å²) in [5.41, 5.74) is 9.20. The van der Waals surface area contributed by atoms with E-state index in [9.17, 15) is 0 Å². The van der Waals surface area contributed by atoms with E-state index in [-0.39, 0.29) is 0 Å². The molecule has 1 aromatic heterocycles. The van der Waals surface area contributed by atoms with E-state index >= 15 is 0 Å². The van der Waals surface area contributed by atoms with Crippen LogP contribution in [-0.4, -0.2) is 0 Å². The Kier molecular flexibility index (Phi) is 8.12. The summed E-state index contributed by atoms with van der Waals surface area (Å²) in [7, 11) is 0. The second kappa shape index (κ2) is 14.3. The molecule has 0 radical (unpaired) electrons. The molecule has 12 aromatic carbocycles. The minimum atomic E-state index is 1.10. The lowest BCUT2D eigenvalue weighted by atomic mass is 9.92. The fourth-order valence-electron chi connectivity index (χ4n) is 10.2. The van der Waals surface area contributed by atoms with Crippen LogP contribution in [0, 0.1) is 0 Å². The van der Waals surface area contributed by atoms with E-state index in [1.807, 2.05) is 11.3 Å². The van der Waals surface area contributed by atoms with Gasteiger partial charge >= 0.3 is 0 Å². The van der Waals surface area contributed by atoms with Crippen molar-refractivity contribution >= 4 is 109 Å². The molecule has 13 aromatic rings. The Hall–Kier alpha value is -7.98. The van der Waals surface area contributed by atoms with Crippen LogP contribution in [0.15, 0.2) is 231 Å². The number of thiophene rings is 1. The molecule has 0 atom stereocenters. The van der Waals surface area contributed by atoms with Gasteiger partial charge in [-0.05, 0) is 101 Å². The highest BCUT2D eigenvalue weighted by atomic mass is 32.1. The zero-order valence-electron chi connectivity index (χ0n) is 34.2. The molecule has 0 spiro atoms. The smallest absolute Gasteiger partial charge is 0.111 e. The van der Waals surface area contributed by atoms with Gasteiger partial charge in [-0.3, -0.25) is 0 Å². The van der Waals surface area contributed by atoms with Gasteiger partial charge < -0.3 is 9.80 Å². The van der Waals surface area contributed by atoms with E-state index in [2.05, 4.69) is 240 Å². The fraction of sp³-hybridized carbons (Fsp3) is 0. The molecule has 0 N–H and O–H groups in total. The number of nitrogens with zero attached hydrogens (tertiary/aromatic N) is 2. The number of benzene rings is 12. The van der Waals surface area contributed by atoms with Crippen molar-refractivity contribution in [2.24, 2.45) is 0 Å². The molecule has 294 valence electrons. The Morgan fingerprint density at radius 2 is 0.571 bits per heavy atom. The highest BCUT2D eigenvalue weighted by Gasteiger charge is 2.32. The molecule has 13 rings (SSSR count). The van der Waals surface area contributed by atoms with Crippen LogP contribution in [0.3, 0.4) is 0 Å². The first-order chi connectivity index (χ1) is 31.3. The maximum absolute atomic E-state index is 2.53. The van der Waals surface area contributed by atoms with Crippen LogP contribution in [-0.2, 0) is 0 Å². The highest BCUT2D eigenvalue weighted by Crippen LogP contribution is 2.59. The summed E-state index contributed by atoms with van der Waals surface area (Å²) in [6, 6.07) is 84.9. The summed E-state index contributed by atoms with van der Waals surface area (Å²) in [6.07, 6.45) is 0. The molecule has 0 aliphatic heterocycles. The van der Waals surface area contributed by atoms with Crippen LogP contribution in [0.25, 0.3) is 86.9 Å². The highest BCUT2D eigenvalue weighted by molar-refractivity contribution is 7.21. The molecule has 0 saturated heterocycles. The van der Waals surface area contributed by atoms with Crippen LogP contribution < -0.4 is 9.80 Å². The average Bonchev–Trinajstić information content (AvgIpc) is 3.74. The minimum absolute atomic E-state index is 1.10. The van der Waals surface area contributed by atoms with Gasteiger partial charge in [-0.15, -0.1) is 0 Å². The summed E-state index contributed by atoms with van der Waals surface area (Å²) in [4.78, 5) is 5.06. The molecule has 1 heterocycles. The van der Waals surface area contributed by atoms with E-state index in [0.717, 1.165) is 43.9 Å².